The Hall–Kier alpha value is -2.39. The van der Waals surface area contributed by atoms with Crippen molar-refractivity contribution in [3.8, 4) is 6.07 Å². The zero-order chi connectivity index (χ0) is 13.8. The minimum atomic E-state index is -0.475. The first-order valence-corrected chi connectivity index (χ1v) is 6.10. The van der Waals surface area contributed by atoms with Gasteiger partial charge in [0.15, 0.2) is 0 Å². The monoisotopic (exact) mass is 317 g/mol. The number of pyridine rings is 1. The van der Waals surface area contributed by atoms with E-state index in [0.29, 0.717) is 11.3 Å². The molecule has 94 valence electrons. The van der Waals surface area contributed by atoms with Gasteiger partial charge in [-0.25, -0.2) is 0 Å². The van der Waals surface area contributed by atoms with Crippen LogP contribution >= 0.6 is 15.9 Å². The molecule has 0 atom stereocenters. The molecule has 0 saturated carbocycles. The molecule has 0 bridgehead atoms. The van der Waals surface area contributed by atoms with Crippen molar-refractivity contribution in [1.29, 1.82) is 5.26 Å². The van der Waals surface area contributed by atoms with Crippen LogP contribution in [-0.4, -0.2) is 10.9 Å². The van der Waals surface area contributed by atoms with E-state index >= 15 is 0 Å². The first kappa shape index (κ1) is 13.1. The van der Waals surface area contributed by atoms with Gasteiger partial charge >= 0.3 is 0 Å². The Kier molecular flexibility index (Phi) is 3.78. The van der Waals surface area contributed by atoms with Crippen molar-refractivity contribution in [2.45, 2.75) is 0 Å². The van der Waals surface area contributed by atoms with Crippen LogP contribution in [0.4, 0.5) is 5.69 Å². The number of carbonyl (C=O) groups is 1. The summed E-state index contributed by atoms with van der Waals surface area (Å²) in [6.45, 7) is 0. The highest BCUT2D eigenvalue weighted by Gasteiger charge is 2.10. The van der Waals surface area contributed by atoms with E-state index in [4.69, 9.17) is 5.26 Å². The molecule has 2 N–H and O–H groups in total. The molecule has 0 aliphatic carbocycles. The molecule has 1 amide bonds. The highest BCUT2D eigenvalue weighted by molar-refractivity contribution is 9.10. The molecule has 2 rings (SSSR count). The van der Waals surface area contributed by atoms with Crippen LogP contribution in [0.3, 0.4) is 0 Å². The van der Waals surface area contributed by atoms with Crippen LogP contribution < -0.4 is 10.9 Å². The minimum absolute atomic E-state index is 0.138. The van der Waals surface area contributed by atoms with Gasteiger partial charge in [-0.15, -0.1) is 0 Å². The number of aromatic amines is 1. The Morgan fingerprint density at radius 3 is 2.79 bits per heavy atom. The fraction of sp³-hybridized carbons (Fsp3) is 0. The number of hydrogen-bond donors (Lipinski definition) is 2. The summed E-state index contributed by atoms with van der Waals surface area (Å²) in [5.41, 5.74) is 0.504. The molecule has 0 fully saturated rings. The number of halogens is 1. The number of nitrogens with zero attached hydrogens (tertiary/aromatic N) is 1. The van der Waals surface area contributed by atoms with Gasteiger partial charge in [0.05, 0.1) is 11.3 Å². The highest BCUT2D eigenvalue weighted by atomic mass is 79.9. The van der Waals surface area contributed by atoms with Crippen molar-refractivity contribution in [1.82, 2.24) is 4.98 Å². The zero-order valence-electron chi connectivity index (χ0n) is 9.61. The number of H-pyrrole nitrogens is 1. The van der Waals surface area contributed by atoms with Crippen LogP contribution in [0.25, 0.3) is 0 Å². The maximum absolute atomic E-state index is 11.9. The van der Waals surface area contributed by atoms with Crippen LogP contribution in [0.15, 0.2) is 45.7 Å². The van der Waals surface area contributed by atoms with Crippen molar-refractivity contribution in [2.75, 3.05) is 5.32 Å². The number of amides is 1. The molecule has 0 aliphatic heterocycles. The summed E-state index contributed by atoms with van der Waals surface area (Å²) in [6, 6.07) is 11.2. The van der Waals surface area contributed by atoms with Gasteiger partial charge in [0.2, 0.25) is 5.56 Å². The third-order valence-electron chi connectivity index (χ3n) is 2.36. The van der Waals surface area contributed by atoms with E-state index in [1.54, 1.807) is 18.2 Å². The largest absolute Gasteiger partial charge is 0.319 e. The van der Waals surface area contributed by atoms with E-state index in [2.05, 4.69) is 26.2 Å². The molecule has 1 aromatic carbocycles. The quantitative estimate of drug-likeness (QED) is 0.890. The van der Waals surface area contributed by atoms with Gasteiger partial charge in [0.25, 0.3) is 5.91 Å². The summed E-state index contributed by atoms with van der Waals surface area (Å²) >= 11 is 3.25. The summed E-state index contributed by atoms with van der Waals surface area (Å²) in [5, 5.41) is 11.6. The fourth-order valence-corrected chi connectivity index (χ4v) is 1.85. The fourth-order valence-electron chi connectivity index (χ4n) is 1.49. The van der Waals surface area contributed by atoms with Crippen LogP contribution in [0.1, 0.15) is 16.1 Å². The van der Waals surface area contributed by atoms with Crippen molar-refractivity contribution in [2.24, 2.45) is 0 Å². The van der Waals surface area contributed by atoms with Gasteiger partial charge in [-0.2, -0.15) is 5.26 Å². The van der Waals surface area contributed by atoms with Gasteiger partial charge in [0.1, 0.15) is 11.8 Å². The Bertz CT molecular complexity index is 731. The predicted molar refractivity (Wildman–Crippen MR) is 73.9 cm³/mol. The first-order chi connectivity index (χ1) is 9.10. The number of nitrogens with one attached hydrogen (secondary N) is 2. The van der Waals surface area contributed by atoms with Crippen LogP contribution in [-0.2, 0) is 0 Å². The Morgan fingerprint density at radius 2 is 2.11 bits per heavy atom. The molecular formula is C13H8BrN3O2. The predicted octanol–water partition coefficient (Wildman–Crippen LogP) is 2.26. The van der Waals surface area contributed by atoms with Crippen LogP contribution in [0.2, 0.25) is 0 Å². The van der Waals surface area contributed by atoms with Gasteiger partial charge < -0.3 is 10.3 Å². The Morgan fingerprint density at radius 1 is 1.32 bits per heavy atom. The van der Waals surface area contributed by atoms with Gasteiger partial charge in [0, 0.05) is 10.5 Å². The van der Waals surface area contributed by atoms with Crippen molar-refractivity contribution >= 4 is 27.5 Å². The van der Waals surface area contributed by atoms with Crippen molar-refractivity contribution in [3.63, 3.8) is 0 Å². The van der Waals surface area contributed by atoms with Gasteiger partial charge in [-0.3, -0.25) is 9.59 Å². The molecule has 5 nitrogen and oxygen atoms in total. The third kappa shape index (κ3) is 3.09. The Balaban J connectivity index is 2.30. The summed E-state index contributed by atoms with van der Waals surface area (Å²) < 4.78 is 0.746. The Labute approximate surface area is 117 Å². The molecular weight excluding hydrogens is 310 g/mol. The normalized spacial score (nSPS) is 9.68. The molecule has 19 heavy (non-hydrogen) atoms. The van der Waals surface area contributed by atoms with Gasteiger partial charge in [-0.1, -0.05) is 22.0 Å². The first-order valence-electron chi connectivity index (χ1n) is 5.30. The van der Waals surface area contributed by atoms with Crippen molar-refractivity contribution < 1.29 is 4.79 Å². The third-order valence-corrected chi connectivity index (χ3v) is 2.86. The van der Waals surface area contributed by atoms with E-state index in [-0.39, 0.29) is 11.3 Å². The van der Waals surface area contributed by atoms with Gasteiger partial charge in [-0.05, 0) is 24.3 Å². The summed E-state index contributed by atoms with van der Waals surface area (Å²) in [7, 11) is 0. The average molecular weight is 318 g/mol. The smallest absolute Gasteiger partial charge is 0.272 e. The molecule has 0 saturated heterocycles. The topological polar surface area (TPSA) is 85.8 Å². The molecule has 0 aliphatic rings. The molecule has 6 heteroatoms. The number of anilines is 1. The number of benzene rings is 1. The second kappa shape index (κ2) is 5.50. The number of aromatic nitrogens is 1. The standard InChI is InChI=1S/C13H8BrN3O2/c14-9-4-5-10(8(6-9)7-15)17-13(19)11-2-1-3-12(18)16-11/h1-6H,(H,16,18)(H,17,19). The lowest BCUT2D eigenvalue weighted by Gasteiger charge is -2.07. The lowest BCUT2D eigenvalue weighted by molar-refractivity contribution is 0.102. The summed E-state index contributed by atoms with van der Waals surface area (Å²) in [4.78, 5) is 25.5. The number of carbonyl (C=O) groups excluding carboxylic acids is 1. The molecule has 0 radical (unpaired) electrons. The van der Waals surface area contributed by atoms with E-state index in [9.17, 15) is 9.59 Å². The molecule has 2 aromatic rings. The van der Waals surface area contributed by atoms with E-state index in [0.717, 1.165) is 4.47 Å². The molecule has 0 unspecified atom stereocenters. The lowest BCUT2D eigenvalue weighted by atomic mass is 10.2. The zero-order valence-corrected chi connectivity index (χ0v) is 11.2. The second-order valence-corrected chi connectivity index (χ2v) is 4.60. The molecule has 0 spiro atoms. The average Bonchev–Trinajstić information content (AvgIpc) is 2.40. The second-order valence-electron chi connectivity index (χ2n) is 3.68. The van der Waals surface area contributed by atoms with E-state index in [1.165, 1.54) is 18.2 Å². The molecule has 1 aromatic heterocycles. The van der Waals surface area contributed by atoms with Crippen molar-refractivity contribution in [3.05, 3.63) is 62.5 Å². The number of nitriles is 1. The SMILES string of the molecule is N#Cc1cc(Br)ccc1NC(=O)c1cccc(=O)[nH]1. The van der Waals surface area contributed by atoms with E-state index < -0.39 is 5.91 Å². The van der Waals surface area contributed by atoms with E-state index in [1.807, 2.05) is 6.07 Å². The lowest BCUT2D eigenvalue weighted by Crippen LogP contribution is -2.18. The summed E-state index contributed by atoms with van der Waals surface area (Å²) in [5.74, 6) is -0.475. The number of hydrogen-bond acceptors (Lipinski definition) is 3. The summed E-state index contributed by atoms with van der Waals surface area (Å²) in [6.07, 6.45) is 0. The van der Waals surface area contributed by atoms with Crippen LogP contribution in [0, 0.1) is 11.3 Å². The highest BCUT2D eigenvalue weighted by Crippen LogP contribution is 2.20. The van der Waals surface area contributed by atoms with Crippen LogP contribution in [0.5, 0.6) is 0 Å². The maximum Gasteiger partial charge on any atom is 0.272 e. The maximum atomic E-state index is 11.9. The minimum Gasteiger partial charge on any atom is -0.319 e. The molecule has 1 heterocycles. The number of rotatable bonds is 2.